The zero-order valence-electron chi connectivity index (χ0n) is 9.77. The van der Waals surface area contributed by atoms with Crippen LogP contribution in [0.2, 0.25) is 5.02 Å². The molecule has 0 radical (unpaired) electrons. The summed E-state index contributed by atoms with van der Waals surface area (Å²) in [5.74, 6) is 0.114. The number of Topliss-reactive ketones (excluding diaryl/α,β-unsaturated/α-hetero) is 1. The number of ketones is 1. The number of halogens is 2. The molecular weight excluding hydrogens is 346 g/mol. The molecule has 0 amide bonds. The third-order valence-electron chi connectivity index (χ3n) is 2.90. The van der Waals surface area contributed by atoms with E-state index in [4.69, 9.17) is 11.6 Å². The smallest absolute Gasteiger partial charge is 0.192 e. The molecule has 0 aliphatic carbocycles. The molecule has 0 spiro atoms. The van der Waals surface area contributed by atoms with E-state index in [1.807, 2.05) is 47.2 Å². The van der Waals surface area contributed by atoms with E-state index in [9.17, 15) is 4.79 Å². The van der Waals surface area contributed by atoms with Gasteiger partial charge in [0.15, 0.2) is 5.78 Å². The molecule has 3 rings (SSSR count). The first-order valence-corrected chi connectivity index (χ1v) is 7.65. The lowest BCUT2D eigenvalue weighted by molar-refractivity contribution is 0.0977. The van der Waals surface area contributed by atoms with Crippen molar-refractivity contribution in [3.63, 3.8) is 0 Å². The van der Waals surface area contributed by atoms with Crippen LogP contribution < -0.4 is 0 Å². The number of benzene rings is 1. The van der Waals surface area contributed by atoms with E-state index in [1.165, 1.54) is 11.3 Å². The zero-order valence-corrected chi connectivity index (χ0v) is 12.9. The van der Waals surface area contributed by atoms with Crippen LogP contribution in [0.4, 0.5) is 0 Å². The Hall–Kier alpha value is -1.10. The number of carbonyl (C=O) groups excluding carboxylic acids is 1. The molecule has 0 aliphatic heterocycles. The average molecular weight is 355 g/mol. The molecule has 0 atom stereocenters. The second-order valence-corrected chi connectivity index (χ2v) is 7.07. The molecule has 96 valence electrons. The minimum Gasteiger partial charge on any atom is -0.340 e. The quantitative estimate of drug-likeness (QED) is 0.607. The molecule has 0 saturated carbocycles. The Bertz CT molecular complexity index is 762. The van der Waals surface area contributed by atoms with Gasteiger partial charge in [-0.1, -0.05) is 11.6 Å². The number of hydrogen-bond donors (Lipinski definition) is 0. The van der Waals surface area contributed by atoms with Crippen LogP contribution in [0.1, 0.15) is 9.67 Å². The number of hydrogen-bond acceptors (Lipinski definition) is 2. The van der Waals surface area contributed by atoms with Crippen LogP contribution in [0.15, 0.2) is 46.4 Å². The highest BCUT2D eigenvalue weighted by molar-refractivity contribution is 9.11. The molecule has 5 heteroatoms. The SMILES string of the molecule is O=C(Cn1ccc2cc(Cl)ccc21)c1ccc(Br)s1. The minimum absolute atomic E-state index is 0.114. The Morgan fingerprint density at radius 3 is 2.84 bits per heavy atom. The van der Waals surface area contributed by atoms with Gasteiger partial charge in [0.2, 0.25) is 0 Å². The minimum atomic E-state index is 0.114. The van der Waals surface area contributed by atoms with Gasteiger partial charge in [-0.3, -0.25) is 4.79 Å². The summed E-state index contributed by atoms with van der Waals surface area (Å²) < 4.78 is 2.92. The van der Waals surface area contributed by atoms with Gasteiger partial charge in [0.25, 0.3) is 0 Å². The molecule has 2 aromatic heterocycles. The third kappa shape index (κ3) is 2.61. The molecule has 0 N–H and O–H groups in total. The van der Waals surface area contributed by atoms with Crippen LogP contribution in [-0.4, -0.2) is 10.4 Å². The highest BCUT2D eigenvalue weighted by atomic mass is 79.9. The van der Waals surface area contributed by atoms with Crippen LogP contribution in [0.25, 0.3) is 10.9 Å². The van der Waals surface area contributed by atoms with Crippen molar-refractivity contribution in [1.29, 1.82) is 0 Å². The maximum absolute atomic E-state index is 12.2. The van der Waals surface area contributed by atoms with Gasteiger partial charge in [-0.05, 0) is 52.3 Å². The second kappa shape index (κ2) is 5.12. The maximum Gasteiger partial charge on any atom is 0.192 e. The number of aromatic nitrogens is 1. The molecular formula is C14H9BrClNOS. The summed E-state index contributed by atoms with van der Waals surface area (Å²) in [6.45, 7) is 0.345. The van der Waals surface area contributed by atoms with E-state index < -0.39 is 0 Å². The first-order valence-electron chi connectivity index (χ1n) is 5.66. The fourth-order valence-corrected chi connectivity index (χ4v) is 3.50. The Labute approximate surface area is 127 Å². The summed E-state index contributed by atoms with van der Waals surface area (Å²) in [4.78, 5) is 12.9. The van der Waals surface area contributed by atoms with Gasteiger partial charge in [-0.25, -0.2) is 0 Å². The molecule has 0 fully saturated rings. The van der Waals surface area contributed by atoms with Crippen molar-refractivity contribution < 1.29 is 4.79 Å². The molecule has 19 heavy (non-hydrogen) atoms. The molecule has 0 unspecified atom stereocenters. The van der Waals surface area contributed by atoms with Gasteiger partial charge >= 0.3 is 0 Å². The number of carbonyl (C=O) groups is 1. The lowest BCUT2D eigenvalue weighted by atomic mass is 10.2. The van der Waals surface area contributed by atoms with E-state index in [0.717, 1.165) is 19.6 Å². The van der Waals surface area contributed by atoms with Crippen LogP contribution in [0.3, 0.4) is 0 Å². The lowest BCUT2D eigenvalue weighted by Crippen LogP contribution is -2.07. The number of fused-ring (bicyclic) bond motifs is 1. The fourth-order valence-electron chi connectivity index (χ4n) is 2.01. The summed E-state index contributed by atoms with van der Waals surface area (Å²) in [6, 6.07) is 11.4. The first kappa shape index (κ1) is 12.9. The molecule has 0 saturated heterocycles. The van der Waals surface area contributed by atoms with Crippen LogP contribution in [-0.2, 0) is 6.54 Å². The van der Waals surface area contributed by atoms with Crippen LogP contribution in [0, 0.1) is 0 Å². The van der Waals surface area contributed by atoms with Crippen molar-refractivity contribution in [1.82, 2.24) is 4.57 Å². The van der Waals surface area contributed by atoms with E-state index >= 15 is 0 Å². The normalized spacial score (nSPS) is 11.1. The van der Waals surface area contributed by atoms with Crippen molar-refractivity contribution in [2.75, 3.05) is 0 Å². The van der Waals surface area contributed by atoms with Gasteiger partial charge in [-0.15, -0.1) is 11.3 Å². The molecule has 0 aliphatic rings. The van der Waals surface area contributed by atoms with E-state index in [2.05, 4.69) is 15.9 Å². The summed E-state index contributed by atoms with van der Waals surface area (Å²) in [7, 11) is 0. The molecule has 0 bridgehead atoms. The highest BCUT2D eigenvalue weighted by Gasteiger charge is 2.11. The Kier molecular flexibility index (Phi) is 3.48. The van der Waals surface area contributed by atoms with Gasteiger partial charge in [0.05, 0.1) is 15.2 Å². The van der Waals surface area contributed by atoms with Crippen molar-refractivity contribution in [2.45, 2.75) is 6.54 Å². The molecule has 3 aromatic rings. The standard InChI is InChI=1S/C14H9BrClNOS/c15-14-4-3-13(19-14)12(18)8-17-6-5-9-7-10(16)1-2-11(9)17/h1-7H,8H2. The monoisotopic (exact) mass is 353 g/mol. The summed E-state index contributed by atoms with van der Waals surface area (Å²) in [5, 5.41) is 1.76. The molecule has 2 nitrogen and oxygen atoms in total. The Morgan fingerprint density at radius 1 is 1.26 bits per heavy atom. The van der Waals surface area contributed by atoms with Crippen molar-refractivity contribution >= 4 is 55.6 Å². The van der Waals surface area contributed by atoms with Crippen LogP contribution >= 0.6 is 38.9 Å². The molecule has 1 aromatic carbocycles. The second-order valence-electron chi connectivity index (χ2n) is 4.17. The van der Waals surface area contributed by atoms with Crippen molar-refractivity contribution in [3.05, 3.63) is 56.3 Å². The van der Waals surface area contributed by atoms with E-state index in [1.54, 1.807) is 0 Å². The van der Waals surface area contributed by atoms with Crippen molar-refractivity contribution in [2.24, 2.45) is 0 Å². The zero-order chi connectivity index (χ0) is 13.4. The first-order chi connectivity index (χ1) is 9.13. The summed E-state index contributed by atoms with van der Waals surface area (Å²) >= 11 is 10.8. The number of thiophene rings is 1. The predicted molar refractivity (Wildman–Crippen MR) is 83.3 cm³/mol. The summed E-state index contributed by atoms with van der Waals surface area (Å²) in [6.07, 6.45) is 1.92. The largest absolute Gasteiger partial charge is 0.340 e. The lowest BCUT2D eigenvalue weighted by Gasteiger charge is -2.03. The number of nitrogens with zero attached hydrogens (tertiary/aromatic N) is 1. The fraction of sp³-hybridized carbons (Fsp3) is 0.0714. The van der Waals surface area contributed by atoms with Gasteiger partial charge in [-0.2, -0.15) is 0 Å². The Balaban J connectivity index is 1.91. The van der Waals surface area contributed by atoms with E-state index in [-0.39, 0.29) is 5.78 Å². The van der Waals surface area contributed by atoms with Gasteiger partial charge in [0, 0.05) is 22.1 Å². The molecule has 2 heterocycles. The Morgan fingerprint density at radius 2 is 2.11 bits per heavy atom. The average Bonchev–Trinajstić information content (AvgIpc) is 2.96. The highest BCUT2D eigenvalue weighted by Crippen LogP contribution is 2.24. The summed E-state index contributed by atoms with van der Waals surface area (Å²) in [5.41, 5.74) is 1.02. The van der Waals surface area contributed by atoms with Crippen molar-refractivity contribution in [3.8, 4) is 0 Å². The predicted octanol–water partition coefficient (Wildman–Crippen LogP) is 5.00. The topological polar surface area (TPSA) is 22.0 Å². The third-order valence-corrected chi connectivity index (χ3v) is 4.79. The number of rotatable bonds is 3. The maximum atomic E-state index is 12.2. The van der Waals surface area contributed by atoms with E-state index in [0.29, 0.717) is 11.6 Å². The van der Waals surface area contributed by atoms with Crippen LogP contribution in [0.5, 0.6) is 0 Å². The van der Waals surface area contributed by atoms with Gasteiger partial charge in [0.1, 0.15) is 0 Å². The van der Waals surface area contributed by atoms with Gasteiger partial charge < -0.3 is 4.57 Å².